The molecule has 10 heteroatoms. The first kappa shape index (κ1) is 25.5. The number of rotatable bonds is 6. The van der Waals surface area contributed by atoms with Crippen molar-refractivity contribution in [2.24, 2.45) is 0 Å². The molecule has 188 valence electrons. The molecule has 4 rings (SSSR count). The summed E-state index contributed by atoms with van der Waals surface area (Å²) in [5.74, 6) is 0.163. The predicted molar refractivity (Wildman–Crippen MR) is 131 cm³/mol. The van der Waals surface area contributed by atoms with Crippen LogP contribution in [0.3, 0.4) is 0 Å². The molecule has 0 bridgehead atoms. The molecule has 1 aliphatic heterocycles. The van der Waals surface area contributed by atoms with Crippen molar-refractivity contribution in [3.05, 3.63) is 94.1 Å². The fourth-order valence-corrected chi connectivity index (χ4v) is 4.16. The van der Waals surface area contributed by atoms with E-state index in [2.05, 4.69) is 10.3 Å². The molecule has 6 nitrogen and oxygen atoms in total. The number of halogens is 4. The number of piperazine rings is 1. The van der Waals surface area contributed by atoms with Crippen LogP contribution in [0.1, 0.15) is 31.8 Å². The molecule has 1 saturated heterocycles. The minimum Gasteiger partial charge on any atom is -0.353 e. The molecule has 3 aromatic rings. The lowest BCUT2D eigenvalue weighted by molar-refractivity contribution is -0.137. The molecule has 0 spiro atoms. The van der Waals surface area contributed by atoms with E-state index in [1.54, 1.807) is 23.1 Å². The Bertz CT molecular complexity index is 1210. The standard InChI is InChI=1S/C26H24ClF3N4O2/c27-22-3-1-2-18(16-22)10-11-31-24(35)20-6-9-23(32-17-20)33-12-14-34(15-13-33)25(36)19-4-7-21(8-5-19)26(28,29)30/h1-9,16-17H,10-15H2,(H,31,35). The van der Waals surface area contributed by atoms with Crippen molar-refractivity contribution < 1.29 is 22.8 Å². The van der Waals surface area contributed by atoms with Gasteiger partial charge in [-0.25, -0.2) is 4.98 Å². The van der Waals surface area contributed by atoms with Gasteiger partial charge >= 0.3 is 6.18 Å². The summed E-state index contributed by atoms with van der Waals surface area (Å²) >= 11 is 5.98. The van der Waals surface area contributed by atoms with E-state index in [1.165, 1.54) is 18.3 Å². The van der Waals surface area contributed by atoms with Gasteiger partial charge in [0.15, 0.2) is 0 Å². The van der Waals surface area contributed by atoms with Gasteiger partial charge < -0.3 is 15.1 Å². The van der Waals surface area contributed by atoms with Crippen molar-refractivity contribution in [1.29, 1.82) is 0 Å². The number of hydrogen-bond donors (Lipinski definition) is 1. The third-order valence-corrected chi connectivity index (χ3v) is 6.18. The molecule has 0 atom stereocenters. The number of carbonyl (C=O) groups is 2. The van der Waals surface area contributed by atoms with Crippen LogP contribution in [0.4, 0.5) is 19.0 Å². The van der Waals surface area contributed by atoms with Gasteiger partial charge in [0.05, 0.1) is 11.1 Å². The predicted octanol–water partition coefficient (Wildman–Crippen LogP) is 4.69. The monoisotopic (exact) mass is 516 g/mol. The summed E-state index contributed by atoms with van der Waals surface area (Å²) < 4.78 is 38.2. The van der Waals surface area contributed by atoms with Gasteiger partial charge in [-0.2, -0.15) is 13.2 Å². The minimum absolute atomic E-state index is 0.219. The maximum Gasteiger partial charge on any atom is 0.416 e. The number of hydrogen-bond acceptors (Lipinski definition) is 4. The van der Waals surface area contributed by atoms with Crippen LogP contribution in [0.5, 0.6) is 0 Å². The molecule has 1 aromatic heterocycles. The maximum absolute atomic E-state index is 12.7. The summed E-state index contributed by atoms with van der Waals surface area (Å²) in [5.41, 5.74) is 0.918. The molecule has 1 fully saturated rings. The highest BCUT2D eigenvalue weighted by Crippen LogP contribution is 2.29. The topological polar surface area (TPSA) is 65.5 Å². The number of alkyl halides is 3. The molecule has 1 aliphatic rings. The molecular weight excluding hydrogens is 493 g/mol. The van der Waals surface area contributed by atoms with Crippen LogP contribution < -0.4 is 10.2 Å². The first-order valence-corrected chi connectivity index (χ1v) is 11.8. The second kappa shape index (κ2) is 11.0. The normalized spacial score (nSPS) is 14.0. The Hall–Kier alpha value is -3.59. The molecular formula is C26H24ClF3N4O2. The zero-order valence-corrected chi connectivity index (χ0v) is 20.0. The number of nitrogens with one attached hydrogen (secondary N) is 1. The van der Waals surface area contributed by atoms with Crippen LogP contribution in [0.25, 0.3) is 0 Å². The Kier molecular flexibility index (Phi) is 7.79. The van der Waals surface area contributed by atoms with Crippen LogP contribution in [0.15, 0.2) is 66.9 Å². The Balaban J connectivity index is 1.26. The smallest absolute Gasteiger partial charge is 0.353 e. The summed E-state index contributed by atoms with van der Waals surface area (Å²) in [5, 5.41) is 3.53. The van der Waals surface area contributed by atoms with Crippen molar-refractivity contribution in [3.8, 4) is 0 Å². The van der Waals surface area contributed by atoms with Crippen LogP contribution in [-0.4, -0.2) is 54.4 Å². The molecule has 36 heavy (non-hydrogen) atoms. The zero-order valence-electron chi connectivity index (χ0n) is 19.3. The molecule has 2 heterocycles. The largest absolute Gasteiger partial charge is 0.416 e. The molecule has 2 aromatic carbocycles. The van der Waals surface area contributed by atoms with Crippen molar-refractivity contribution >= 4 is 29.2 Å². The van der Waals surface area contributed by atoms with E-state index in [4.69, 9.17) is 11.6 Å². The Labute approximate surface area is 211 Å². The zero-order chi connectivity index (χ0) is 25.7. The van der Waals surface area contributed by atoms with Crippen LogP contribution >= 0.6 is 11.6 Å². The Morgan fingerprint density at radius 1 is 0.944 bits per heavy atom. The van der Waals surface area contributed by atoms with Gasteiger partial charge in [-0.15, -0.1) is 0 Å². The highest BCUT2D eigenvalue weighted by molar-refractivity contribution is 6.30. The number of amides is 2. The number of anilines is 1. The quantitative estimate of drug-likeness (QED) is 0.516. The lowest BCUT2D eigenvalue weighted by atomic mass is 10.1. The first-order chi connectivity index (χ1) is 17.2. The van der Waals surface area contributed by atoms with E-state index < -0.39 is 11.7 Å². The third-order valence-electron chi connectivity index (χ3n) is 5.95. The van der Waals surface area contributed by atoms with Crippen LogP contribution in [0, 0.1) is 0 Å². The summed E-state index contributed by atoms with van der Waals surface area (Å²) in [7, 11) is 0. The van der Waals surface area contributed by atoms with Gasteiger partial charge in [0.1, 0.15) is 5.82 Å². The number of nitrogens with zero attached hydrogens (tertiary/aromatic N) is 3. The average molecular weight is 517 g/mol. The number of aromatic nitrogens is 1. The summed E-state index contributed by atoms with van der Waals surface area (Å²) in [6, 6.07) is 15.2. The first-order valence-electron chi connectivity index (χ1n) is 11.4. The van der Waals surface area contributed by atoms with E-state index in [0.29, 0.717) is 55.5 Å². The van der Waals surface area contributed by atoms with Gasteiger partial charge in [0.25, 0.3) is 11.8 Å². The van der Waals surface area contributed by atoms with Gasteiger partial charge in [0.2, 0.25) is 0 Å². The highest BCUT2D eigenvalue weighted by atomic mass is 35.5. The molecule has 0 radical (unpaired) electrons. The second-order valence-corrected chi connectivity index (χ2v) is 8.83. The SMILES string of the molecule is O=C(NCCc1cccc(Cl)c1)c1ccc(N2CCN(C(=O)c3ccc(C(F)(F)F)cc3)CC2)nc1. The lowest BCUT2D eigenvalue weighted by Crippen LogP contribution is -2.49. The summed E-state index contributed by atoms with van der Waals surface area (Å²) in [6.07, 6.45) is -2.26. The summed E-state index contributed by atoms with van der Waals surface area (Å²) in [4.78, 5) is 33.1. The van der Waals surface area contributed by atoms with Crippen molar-refractivity contribution in [1.82, 2.24) is 15.2 Å². The molecule has 1 N–H and O–H groups in total. The van der Waals surface area contributed by atoms with Crippen LogP contribution in [-0.2, 0) is 12.6 Å². The van der Waals surface area contributed by atoms with E-state index in [-0.39, 0.29) is 17.4 Å². The van der Waals surface area contributed by atoms with Crippen LogP contribution in [0.2, 0.25) is 5.02 Å². The Morgan fingerprint density at radius 3 is 2.25 bits per heavy atom. The van der Waals surface area contributed by atoms with E-state index >= 15 is 0 Å². The fourth-order valence-electron chi connectivity index (χ4n) is 3.95. The van der Waals surface area contributed by atoms with E-state index in [1.807, 2.05) is 23.1 Å². The number of benzene rings is 2. The number of carbonyl (C=O) groups excluding carboxylic acids is 2. The van der Waals surface area contributed by atoms with Gasteiger partial charge in [0, 0.05) is 49.5 Å². The third kappa shape index (κ3) is 6.34. The Morgan fingerprint density at radius 2 is 1.64 bits per heavy atom. The van der Waals surface area contributed by atoms with E-state index in [0.717, 1.165) is 17.7 Å². The average Bonchev–Trinajstić information content (AvgIpc) is 2.88. The summed E-state index contributed by atoms with van der Waals surface area (Å²) in [6.45, 7) is 2.32. The van der Waals surface area contributed by atoms with Gasteiger partial charge in [-0.1, -0.05) is 23.7 Å². The van der Waals surface area contributed by atoms with Crippen molar-refractivity contribution in [3.63, 3.8) is 0 Å². The molecule has 2 amide bonds. The van der Waals surface area contributed by atoms with E-state index in [9.17, 15) is 22.8 Å². The number of pyridine rings is 1. The van der Waals surface area contributed by atoms with Crippen molar-refractivity contribution in [2.75, 3.05) is 37.6 Å². The lowest BCUT2D eigenvalue weighted by Gasteiger charge is -2.35. The molecule has 0 aliphatic carbocycles. The highest BCUT2D eigenvalue weighted by Gasteiger charge is 2.31. The maximum atomic E-state index is 12.7. The van der Waals surface area contributed by atoms with Crippen molar-refractivity contribution in [2.45, 2.75) is 12.6 Å². The second-order valence-electron chi connectivity index (χ2n) is 8.40. The van der Waals surface area contributed by atoms with Gasteiger partial charge in [-0.3, -0.25) is 9.59 Å². The minimum atomic E-state index is -4.44. The fraction of sp³-hybridized carbons (Fsp3) is 0.269. The molecule has 0 unspecified atom stereocenters. The van der Waals surface area contributed by atoms with Gasteiger partial charge in [-0.05, 0) is 60.5 Å². The molecule has 0 saturated carbocycles.